The van der Waals surface area contributed by atoms with E-state index in [2.05, 4.69) is 5.32 Å². The lowest BCUT2D eigenvalue weighted by Gasteiger charge is -2.44. The Kier molecular flexibility index (Phi) is 8.25. The molecule has 2 heterocycles. The van der Waals surface area contributed by atoms with Crippen molar-refractivity contribution in [3.63, 3.8) is 0 Å². The first kappa shape index (κ1) is 29.5. The lowest BCUT2D eigenvalue weighted by molar-refractivity contribution is -0.137. The highest BCUT2D eigenvalue weighted by Crippen LogP contribution is 2.39. The van der Waals surface area contributed by atoms with Gasteiger partial charge in [0.25, 0.3) is 11.8 Å². The highest BCUT2D eigenvalue weighted by molar-refractivity contribution is 6.30. The van der Waals surface area contributed by atoms with Crippen molar-refractivity contribution in [2.75, 3.05) is 19.7 Å². The summed E-state index contributed by atoms with van der Waals surface area (Å²) in [6.07, 6.45) is -4.14. The summed E-state index contributed by atoms with van der Waals surface area (Å²) in [6, 6.07) is 14.9. The Bertz CT molecular complexity index is 1490. The van der Waals surface area contributed by atoms with E-state index < -0.39 is 41.1 Å². The fraction of sp³-hybridized carbons (Fsp3) is 0.300. The van der Waals surface area contributed by atoms with Crippen LogP contribution in [0.15, 0.2) is 72.8 Å². The van der Waals surface area contributed by atoms with E-state index in [9.17, 15) is 31.9 Å². The number of halogens is 5. The number of carbonyl (C=O) groups is 3. The second-order valence-electron chi connectivity index (χ2n) is 10.2. The molecule has 0 saturated carbocycles. The van der Waals surface area contributed by atoms with Gasteiger partial charge in [-0.25, -0.2) is 4.39 Å². The third kappa shape index (κ3) is 6.12. The van der Waals surface area contributed by atoms with E-state index in [0.717, 1.165) is 24.3 Å². The Labute approximate surface area is 244 Å². The van der Waals surface area contributed by atoms with Crippen molar-refractivity contribution >= 4 is 29.3 Å². The van der Waals surface area contributed by atoms with Crippen molar-refractivity contribution in [3.8, 4) is 0 Å². The molecule has 0 aromatic heterocycles. The highest BCUT2D eigenvalue weighted by Gasteiger charge is 2.54. The third-order valence-corrected chi connectivity index (χ3v) is 7.73. The number of piperidine rings is 1. The summed E-state index contributed by atoms with van der Waals surface area (Å²) in [7, 11) is 0. The molecule has 1 spiro atoms. The van der Waals surface area contributed by atoms with Gasteiger partial charge in [-0.1, -0.05) is 29.8 Å². The molecule has 42 heavy (non-hydrogen) atoms. The van der Waals surface area contributed by atoms with Crippen LogP contribution in [0.4, 0.5) is 17.6 Å². The van der Waals surface area contributed by atoms with Gasteiger partial charge in [0.15, 0.2) is 0 Å². The Morgan fingerprint density at radius 1 is 0.929 bits per heavy atom. The summed E-state index contributed by atoms with van der Waals surface area (Å²) in [6.45, 7) is 0.0740. The summed E-state index contributed by atoms with van der Waals surface area (Å²) in [4.78, 5) is 43.2. The topological polar surface area (TPSA) is 79.0 Å². The zero-order valence-corrected chi connectivity index (χ0v) is 22.9. The molecule has 1 atom stereocenters. The van der Waals surface area contributed by atoms with E-state index in [4.69, 9.17) is 16.3 Å². The molecule has 12 heteroatoms. The SMILES string of the molecule is O=C(NCc1cccc(C(F)(F)F)c1)[C@@H]1COC2(CCN(C(=O)c3cccc(Cl)c3)CC2)N1C(=O)c1ccc(F)cc1. The van der Waals surface area contributed by atoms with E-state index >= 15 is 0 Å². The number of alkyl halides is 3. The number of nitrogens with zero attached hydrogens (tertiary/aromatic N) is 2. The van der Waals surface area contributed by atoms with Crippen molar-refractivity contribution in [3.05, 3.63) is 106 Å². The molecular formula is C30H26ClF4N3O4. The Morgan fingerprint density at radius 3 is 2.29 bits per heavy atom. The maximum absolute atomic E-state index is 13.8. The number of hydrogen-bond acceptors (Lipinski definition) is 4. The largest absolute Gasteiger partial charge is 0.416 e. The van der Waals surface area contributed by atoms with Gasteiger partial charge in [0.2, 0.25) is 5.91 Å². The van der Waals surface area contributed by atoms with Crippen LogP contribution in [-0.4, -0.2) is 59.0 Å². The molecule has 1 N–H and O–H groups in total. The van der Waals surface area contributed by atoms with Crippen molar-refractivity contribution < 1.29 is 36.7 Å². The van der Waals surface area contributed by atoms with Gasteiger partial charge in [0, 0.05) is 48.6 Å². The molecule has 2 aliphatic rings. The lowest BCUT2D eigenvalue weighted by Crippen LogP contribution is -2.59. The van der Waals surface area contributed by atoms with Crippen LogP contribution in [0.25, 0.3) is 0 Å². The van der Waals surface area contributed by atoms with Crippen LogP contribution >= 0.6 is 11.6 Å². The van der Waals surface area contributed by atoms with Gasteiger partial charge < -0.3 is 15.0 Å². The number of likely N-dealkylation sites (tertiary alicyclic amines) is 1. The summed E-state index contributed by atoms with van der Waals surface area (Å²) >= 11 is 6.04. The van der Waals surface area contributed by atoms with Crippen molar-refractivity contribution in [2.24, 2.45) is 0 Å². The third-order valence-electron chi connectivity index (χ3n) is 7.50. The second-order valence-corrected chi connectivity index (χ2v) is 10.6. The molecule has 0 radical (unpaired) electrons. The first-order chi connectivity index (χ1) is 20.0. The van der Waals surface area contributed by atoms with Crippen LogP contribution in [0.3, 0.4) is 0 Å². The van der Waals surface area contributed by atoms with Crippen LogP contribution in [-0.2, 0) is 22.3 Å². The van der Waals surface area contributed by atoms with Crippen molar-refractivity contribution in [2.45, 2.75) is 37.3 Å². The normalized spacial score (nSPS) is 18.3. The Balaban J connectivity index is 1.35. The van der Waals surface area contributed by atoms with Gasteiger partial charge in [-0.15, -0.1) is 0 Å². The maximum atomic E-state index is 13.8. The maximum Gasteiger partial charge on any atom is 0.416 e. The number of benzene rings is 3. The quantitative estimate of drug-likeness (QED) is 0.402. The number of carbonyl (C=O) groups excluding carboxylic acids is 3. The molecule has 0 aliphatic carbocycles. The molecule has 7 nitrogen and oxygen atoms in total. The fourth-order valence-corrected chi connectivity index (χ4v) is 5.52. The molecule has 3 amide bonds. The predicted octanol–water partition coefficient (Wildman–Crippen LogP) is 5.29. The molecule has 5 rings (SSSR count). The highest BCUT2D eigenvalue weighted by atomic mass is 35.5. The molecule has 0 unspecified atom stereocenters. The van der Waals surface area contributed by atoms with E-state index in [1.807, 2.05) is 0 Å². The number of ether oxygens (including phenoxy) is 1. The standard InChI is InChI=1S/C30H26ClF4N3O4/c31-23-6-2-4-21(16-23)27(40)37-13-11-29(12-14-37)38(28(41)20-7-9-24(32)10-8-20)25(18-42-29)26(39)36-17-19-3-1-5-22(15-19)30(33,34)35/h1-10,15-16,25H,11-14,17-18H2,(H,36,39)/t25-/m0/s1. The van der Waals surface area contributed by atoms with Gasteiger partial charge >= 0.3 is 6.18 Å². The van der Waals surface area contributed by atoms with Crippen molar-refractivity contribution in [1.82, 2.24) is 15.1 Å². The summed E-state index contributed by atoms with van der Waals surface area (Å²) in [5.41, 5.74) is -1.29. The first-order valence-corrected chi connectivity index (χ1v) is 13.6. The van der Waals surface area contributed by atoms with Crippen molar-refractivity contribution in [1.29, 1.82) is 0 Å². The Hall–Kier alpha value is -3.96. The smallest absolute Gasteiger partial charge is 0.353 e. The van der Waals surface area contributed by atoms with Gasteiger partial charge in [0.1, 0.15) is 17.6 Å². The van der Waals surface area contributed by atoms with E-state index in [-0.39, 0.29) is 56.1 Å². The van der Waals surface area contributed by atoms with Crippen LogP contribution < -0.4 is 5.32 Å². The van der Waals surface area contributed by atoms with Crippen LogP contribution in [0.5, 0.6) is 0 Å². The number of amides is 3. The molecule has 2 saturated heterocycles. The zero-order chi connectivity index (χ0) is 30.1. The second kappa shape index (κ2) is 11.7. The average Bonchev–Trinajstić information content (AvgIpc) is 3.34. The molecule has 0 bridgehead atoms. The Morgan fingerprint density at radius 2 is 1.62 bits per heavy atom. The summed E-state index contributed by atoms with van der Waals surface area (Å²) in [5.74, 6) is -1.96. The monoisotopic (exact) mass is 603 g/mol. The summed E-state index contributed by atoms with van der Waals surface area (Å²) < 4.78 is 59.1. The van der Waals surface area contributed by atoms with Gasteiger partial charge in [0.05, 0.1) is 12.2 Å². The molecule has 220 valence electrons. The zero-order valence-electron chi connectivity index (χ0n) is 22.2. The average molecular weight is 604 g/mol. The van der Waals surface area contributed by atoms with E-state index in [0.29, 0.717) is 10.6 Å². The van der Waals surface area contributed by atoms with E-state index in [1.54, 1.807) is 29.2 Å². The van der Waals surface area contributed by atoms with Crippen LogP contribution in [0, 0.1) is 5.82 Å². The predicted molar refractivity (Wildman–Crippen MR) is 145 cm³/mol. The molecule has 2 aliphatic heterocycles. The van der Waals surface area contributed by atoms with Crippen LogP contribution in [0.2, 0.25) is 5.02 Å². The minimum Gasteiger partial charge on any atom is -0.353 e. The van der Waals surface area contributed by atoms with Gasteiger partial charge in [-0.3, -0.25) is 19.3 Å². The van der Waals surface area contributed by atoms with Gasteiger partial charge in [-0.2, -0.15) is 13.2 Å². The molecule has 3 aromatic rings. The minimum atomic E-state index is -4.53. The molecule has 3 aromatic carbocycles. The first-order valence-electron chi connectivity index (χ1n) is 13.2. The fourth-order valence-electron chi connectivity index (χ4n) is 5.33. The number of rotatable bonds is 5. The lowest BCUT2D eigenvalue weighted by atomic mass is 9.96. The molecule has 2 fully saturated rings. The van der Waals surface area contributed by atoms with Gasteiger partial charge in [-0.05, 0) is 60.2 Å². The minimum absolute atomic E-state index is 0.134. The molecular weight excluding hydrogens is 578 g/mol. The van der Waals surface area contributed by atoms with E-state index in [1.165, 1.54) is 29.2 Å². The number of hydrogen-bond donors (Lipinski definition) is 1. The summed E-state index contributed by atoms with van der Waals surface area (Å²) in [5, 5.41) is 3.04. The van der Waals surface area contributed by atoms with Crippen LogP contribution in [0.1, 0.15) is 44.7 Å². The number of nitrogens with one attached hydrogen (secondary N) is 1.